The van der Waals surface area contributed by atoms with Gasteiger partial charge in [0, 0.05) is 0 Å². The second-order valence-electron chi connectivity index (χ2n) is 3.35. The number of alkyl halides is 6. The summed E-state index contributed by atoms with van der Waals surface area (Å²) >= 11 is 0. The second kappa shape index (κ2) is 4.53. The maximum atomic E-state index is 12.2. The highest BCUT2D eigenvalue weighted by Crippen LogP contribution is 2.40. The topological polar surface area (TPSA) is 60.7 Å². The monoisotopic (exact) mass is 276 g/mol. The summed E-state index contributed by atoms with van der Waals surface area (Å²) in [4.78, 5) is 11.9. The molecule has 0 spiro atoms. The highest BCUT2D eigenvalue weighted by atomic mass is 19.4. The molecule has 1 aromatic heterocycles. The number of halogens is 6. The van der Waals surface area contributed by atoms with Crippen molar-refractivity contribution in [3.63, 3.8) is 0 Å². The number of ketones is 1. The molecular weight excluding hydrogens is 270 g/mol. The van der Waals surface area contributed by atoms with E-state index in [9.17, 15) is 31.1 Å². The number of hydrogen-bond acceptors (Lipinski definition) is 4. The van der Waals surface area contributed by atoms with E-state index in [1.54, 1.807) is 0 Å². The first-order valence-corrected chi connectivity index (χ1v) is 4.41. The van der Waals surface area contributed by atoms with Gasteiger partial charge in [0.05, 0.1) is 13.5 Å². The Morgan fingerprint density at radius 3 is 2.06 bits per heavy atom. The van der Waals surface area contributed by atoms with Crippen LogP contribution in [0.5, 0.6) is 0 Å². The number of aromatic nitrogens is 4. The molecule has 18 heavy (non-hydrogen) atoms. The number of tetrazole rings is 1. The van der Waals surface area contributed by atoms with Crippen molar-refractivity contribution in [1.82, 2.24) is 20.2 Å². The number of nitrogens with zero attached hydrogens (tertiary/aromatic N) is 4. The van der Waals surface area contributed by atoms with Gasteiger partial charge in [-0.2, -0.15) is 31.1 Å². The molecule has 1 rings (SSSR count). The van der Waals surface area contributed by atoms with E-state index < -0.39 is 36.3 Å². The summed E-state index contributed by atoms with van der Waals surface area (Å²) < 4.78 is 73.0. The van der Waals surface area contributed by atoms with Crippen LogP contribution in [-0.4, -0.2) is 38.3 Å². The van der Waals surface area contributed by atoms with Gasteiger partial charge in [0.15, 0.2) is 11.6 Å². The van der Waals surface area contributed by atoms with Gasteiger partial charge >= 0.3 is 12.4 Å². The number of aryl methyl sites for hydroxylation is 1. The Labute approximate surface area is 95.8 Å². The largest absolute Gasteiger partial charge is 0.407 e. The molecule has 0 aliphatic rings. The van der Waals surface area contributed by atoms with Crippen LogP contribution in [0.1, 0.15) is 5.82 Å². The Hall–Kier alpha value is -1.68. The second-order valence-corrected chi connectivity index (χ2v) is 3.35. The minimum absolute atomic E-state index is 0.499. The predicted octanol–water partition coefficient (Wildman–Crippen LogP) is 1.06. The fourth-order valence-corrected chi connectivity index (χ4v) is 1.20. The lowest BCUT2D eigenvalue weighted by atomic mass is 10.0. The number of carbonyl (C=O) groups is 1. The summed E-state index contributed by atoms with van der Waals surface area (Å²) in [6.45, 7) is 0. The summed E-state index contributed by atoms with van der Waals surface area (Å²) in [6, 6.07) is 0. The highest BCUT2D eigenvalue weighted by Gasteiger charge is 2.60. The standard InChI is InChI=1S/C7H6F6N4O/c1-17-15-4(14-16-17)2-3(18)5(6(8,9)10)7(11,12)13/h5H,2H2,1H3. The van der Waals surface area contributed by atoms with E-state index in [0.717, 1.165) is 4.80 Å². The maximum Gasteiger partial charge on any atom is 0.407 e. The van der Waals surface area contributed by atoms with Gasteiger partial charge in [-0.1, -0.05) is 0 Å². The van der Waals surface area contributed by atoms with Crippen LogP contribution in [0.25, 0.3) is 0 Å². The Kier molecular flexibility index (Phi) is 3.62. The van der Waals surface area contributed by atoms with Crippen molar-refractivity contribution in [1.29, 1.82) is 0 Å². The van der Waals surface area contributed by atoms with Crippen molar-refractivity contribution in [3.8, 4) is 0 Å². The van der Waals surface area contributed by atoms with Crippen molar-refractivity contribution < 1.29 is 31.1 Å². The average Bonchev–Trinajstić information content (AvgIpc) is 2.44. The van der Waals surface area contributed by atoms with E-state index in [1.165, 1.54) is 7.05 Å². The van der Waals surface area contributed by atoms with Crippen LogP contribution in [0.4, 0.5) is 26.3 Å². The fraction of sp³-hybridized carbons (Fsp3) is 0.714. The van der Waals surface area contributed by atoms with Gasteiger partial charge in [0.25, 0.3) is 0 Å². The summed E-state index contributed by atoms with van der Waals surface area (Å²) in [7, 11) is 1.26. The predicted molar refractivity (Wildman–Crippen MR) is 43.1 cm³/mol. The Balaban J connectivity index is 2.91. The van der Waals surface area contributed by atoms with E-state index in [0.29, 0.717) is 0 Å². The number of rotatable bonds is 3. The van der Waals surface area contributed by atoms with Crippen LogP contribution in [-0.2, 0) is 18.3 Å². The van der Waals surface area contributed by atoms with Crippen molar-refractivity contribution in [3.05, 3.63) is 5.82 Å². The molecule has 0 N–H and O–H groups in total. The van der Waals surface area contributed by atoms with Crippen molar-refractivity contribution in [2.75, 3.05) is 0 Å². The van der Waals surface area contributed by atoms with Crippen molar-refractivity contribution in [2.24, 2.45) is 13.0 Å². The normalized spacial score (nSPS) is 13.1. The summed E-state index contributed by atoms with van der Waals surface area (Å²) in [5.41, 5.74) is 0. The molecule has 0 atom stereocenters. The lowest BCUT2D eigenvalue weighted by Gasteiger charge is -2.20. The van der Waals surface area contributed by atoms with Gasteiger partial charge in [0.1, 0.15) is 0 Å². The van der Waals surface area contributed by atoms with Gasteiger partial charge in [-0.25, -0.2) is 0 Å². The molecule has 0 aliphatic carbocycles. The third kappa shape index (κ3) is 3.40. The summed E-state index contributed by atoms with van der Waals surface area (Å²) in [5, 5.41) is 9.68. The summed E-state index contributed by atoms with van der Waals surface area (Å²) in [5.74, 6) is -6.60. The first-order valence-electron chi connectivity index (χ1n) is 4.41. The van der Waals surface area contributed by atoms with Gasteiger partial charge in [-0.15, -0.1) is 10.2 Å². The number of Topliss-reactive ketones (excluding diaryl/α,β-unsaturated/α-hetero) is 1. The van der Waals surface area contributed by atoms with Gasteiger partial charge in [-0.05, 0) is 5.21 Å². The molecular formula is C7H6F6N4O. The van der Waals surface area contributed by atoms with E-state index >= 15 is 0 Å². The molecule has 0 amide bonds. The third-order valence-corrected chi connectivity index (χ3v) is 1.86. The molecule has 0 fully saturated rings. The van der Waals surface area contributed by atoms with Crippen LogP contribution in [0.3, 0.4) is 0 Å². The third-order valence-electron chi connectivity index (χ3n) is 1.86. The zero-order valence-corrected chi connectivity index (χ0v) is 8.75. The molecule has 1 aromatic rings. The van der Waals surface area contributed by atoms with Crippen molar-refractivity contribution >= 4 is 5.78 Å². The molecule has 11 heteroatoms. The molecule has 0 saturated heterocycles. The molecule has 1 heterocycles. The molecule has 0 saturated carbocycles. The number of carbonyl (C=O) groups excluding carboxylic acids is 1. The minimum Gasteiger partial charge on any atom is -0.298 e. The van der Waals surface area contributed by atoms with Crippen LogP contribution in [0.15, 0.2) is 0 Å². The molecule has 0 bridgehead atoms. The Bertz CT molecular complexity index is 422. The van der Waals surface area contributed by atoms with Crippen LogP contribution < -0.4 is 0 Å². The van der Waals surface area contributed by atoms with E-state index in [1.807, 2.05) is 0 Å². The first-order chi connectivity index (χ1) is 8.01. The average molecular weight is 276 g/mol. The highest BCUT2D eigenvalue weighted by molar-refractivity contribution is 5.84. The molecule has 0 unspecified atom stereocenters. The lowest BCUT2D eigenvalue weighted by molar-refractivity contribution is -0.273. The van der Waals surface area contributed by atoms with E-state index in [-0.39, 0.29) is 0 Å². The van der Waals surface area contributed by atoms with Gasteiger partial charge in [-0.3, -0.25) is 4.79 Å². The summed E-state index contributed by atoms with van der Waals surface area (Å²) in [6.07, 6.45) is -12.6. The van der Waals surface area contributed by atoms with Crippen molar-refractivity contribution in [2.45, 2.75) is 18.8 Å². The number of hydrogen-bond donors (Lipinski definition) is 0. The molecule has 0 aliphatic heterocycles. The quantitative estimate of drug-likeness (QED) is 0.774. The molecule has 0 radical (unpaired) electrons. The zero-order valence-electron chi connectivity index (χ0n) is 8.75. The van der Waals surface area contributed by atoms with Crippen LogP contribution >= 0.6 is 0 Å². The van der Waals surface area contributed by atoms with E-state index in [2.05, 4.69) is 15.4 Å². The van der Waals surface area contributed by atoms with Crippen LogP contribution in [0.2, 0.25) is 0 Å². The minimum atomic E-state index is -5.70. The molecule has 0 aromatic carbocycles. The van der Waals surface area contributed by atoms with Gasteiger partial charge < -0.3 is 0 Å². The first kappa shape index (κ1) is 14.4. The zero-order chi connectivity index (χ0) is 14.1. The molecule has 102 valence electrons. The van der Waals surface area contributed by atoms with Crippen LogP contribution in [0, 0.1) is 5.92 Å². The maximum absolute atomic E-state index is 12.2. The lowest BCUT2D eigenvalue weighted by Crippen LogP contribution is -2.43. The molecule has 5 nitrogen and oxygen atoms in total. The Morgan fingerprint density at radius 1 is 1.22 bits per heavy atom. The van der Waals surface area contributed by atoms with Gasteiger partial charge in [0.2, 0.25) is 5.92 Å². The Morgan fingerprint density at radius 2 is 1.72 bits per heavy atom. The smallest absolute Gasteiger partial charge is 0.298 e. The fourth-order valence-electron chi connectivity index (χ4n) is 1.20. The van der Waals surface area contributed by atoms with E-state index in [4.69, 9.17) is 0 Å². The SMILES string of the molecule is Cn1nnc(CC(=O)C(C(F)(F)F)C(F)(F)F)n1.